The van der Waals surface area contributed by atoms with Crippen molar-refractivity contribution in [3.63, 3.8) is 0 Å². The molecule has 0 radical (unpaired) electrons. The summed E-state index contributed by atoms with van der Waals surface area (Å²) in [5.41, 5.74) is 5.25. The Morgan fingerprint density at radius 2 is 1.57 bits per heavy atom. The van der Waals surface area contributed by atoms with Gasteiger partial charge < -0.3 is 4.74 Å². The molecule has 0 atom stereocenters. The molecule has 0 fully saturated rings. The highest BCUT2D eigenvalue weighted by Gasteiger charge is 2.18. The number of ether oxygens (including phenoxy) is 1. The smallest absolute Gasteiger partial charge is 0.127 e. The Morgan fingerprint density at radius 1 is 0.867 bits per heavy atom. The lowest BCUT2D eigenvalue weighted by molar-refractivity contribution is 0.245. The first-order valence-electron chi connectivity index (χ1n) is 10.3. The molecule has 0 aromatic heterocycles. The van der Waals surface area contributed by atoms with E-state index in [1.54, 1.807) is 0 Å². The van der Waals surface area contributed by atoms with E-state index in [0.717, 1.165) is 37.6 Å². The number of nitrogens with zero attached hydrogens (tertiary/aromatic N) is 1. The average molecular weight is 440 g/mol. The lowest BCUT2D eigenvalue weighted by Gasteiger charge is -2.29. The lowest BCUT2D eigenvalue weighted by atomic mass is 9.87. The summed E-state index contributed by atoms with van der Waals surface area (Å²) in [6.45, 7) is 9.41. The van der Waals surface area contributed by atoms with Gasteiger partial charge in [-0.2, -0.15) is 0 Å². The first-order valence-corrected chi connectivity index (χ1v) is 11.1. The highest BCUT2D eigenvalue weighted by atomic mass is 35.5. The quantitative estimate of drug-likeness (QED) is 0.413. The third kappa shape index (κ3) is 5.00. The third-order valence-electron chi connectivity index (χ3n) is 5.59. The first kappa shape index (κ1) is 21.2. The zero-order valence-corrected chi connectivity index (χ0v) is 19.2. The van der Waals surface area contributed by atoms with E-state index in [2.05, 4.69) is 56.0 Å². The molecule has 156 valence electrons. The Bertz CT molecular complexity index is 1040. The summed E-state index contributed by atoms with van der Waals surface area (Å²) in [7, 11) is 0. The van der Waals surface area contributed by atoms with Gasteiger partial charge in [-0.3, -0.25) is 4.90 Å². The molecule has 0 spiro atoms. The monoisotopic (exact) mass is 439 g/mol. The molecule has 0 amide bonds. The zero-order valence-electron chi connectivity index (χ0n) is 17.7. The van der Waals surface area contributed by atoms with Crippen molar-refractivity contribution >= 4 is 23.2 Å². The molecule has 4 heteroatoms. The predicted octanol–water partition coefficient (Wildman–Crippen LogP) is 7.64. The Morgan fingerprint density at radius 3 is 2.27 bits per heavy atom. The minimum absolute atomic E-state index is 0.140. The molecule has 3 aromatic carbocycles. The van der Waals surface area contributed by atoms with Crippen molar-refractivity contribution in [2.24, 2.45) is 0 Å². The van der Waals surface area contributed by atoms with Crippen LogP contribution in [0, 0.1) is 0 Å². The van der Waals surface area contributed by atoms with E-state index in [1.807, 2.05) is 30.3 Å². The molecule has 1 aliphatic rings. The van der Waals surface area contributed by atoms with Crippen LogP contribution in [-0.2, 0) is 24.9 Å². The van der Waals surface area contributed by atoms with Crippen LogP contribution in [-0.4, -0.2) is 11.4 Å². The maximum Gasteiger partial charge on any atom is 0.127 e. The second-order valence-corrected chi connectivity index (χ2v) is 9.83. The summed E-state index contributed by atoms with van der Waals surface area (Å²) in [5.74, 6) is 1.72. The maximum absolute atomic E-state index is 6.22. The van der Waals surface area contributed by atoms with Gasteiger partial charge in [0, 0.05) is 19.6 Å². The maximum atomic E-state index is 6.22. The Balaban J connectivity index is 1.43. The normalized spacial score (nSPS) is 14.4. The molecular formula is C26H27Cl2NO. The van der Waals surface area contributed by atoms with Gasteiger partial charge in [-0.15, -0.1) is 0 Å². The van der Waals surface area contributed by atoms with E-state index >= 15 is 0 Å². The second kappa shape index (κ2) is 8.63. The first-order chi connectivity index (χ1) is 14.3. The number of rotatable bonds is 4. The van der Waals surface area contributed by atoms with E-state index in [4.69, 9.17) is 27.9 Å². The SMILES string of the molecule is CC(C)(C)c1ccc(Oc2cccc(CN3CCc4cc(Cl)c(Cl)cc4C3)c2)cc1. The lowest BCUT2D eigenvalue weighted by Crippen LogP contribution is -2.30. The largest absolute Gasteiger partial charge is 0.457 e. The van der Waals surface area contributed by atoms with E-state index in [1.165, 1.54) is 22.3 Å². The highest BCUT2D eigenvalue weighted by Crippen LogP contribution is 2.31. The molecule has 0 unspecified atom stereocenters. The number of hydrogen-bond acceptors (Lipinski definition) is 2. The molecule has 0 aliphatic carbocycles. The van der Waals surface area contributed by atoms with Crippen LogP contribution in [0.1, 0.15) is 43.0 Å². The van der Waals surface area contributed by atoms with Gasteiger partial charge in [0.1, 0.15) is 11.5 Å². The van der Waals surface area contributed by atoms with Crippen LogP contribution in [0.3, 0.4) is 0 Å². The van der Waals surface area contributed by atoms with E-state index < -0.39 is 0 Å². The van der Waals surface area contributed by atoms with Crippen LogP contribution in [0.15, 0.2) is 60.7 Å². The van der Waals surface area contributed by atoms with E-state index in [9.17, 15) is 0 Å². The summed E-state index contributed by atoms with van der Waals surface area (Å²) in [6.07, 6.45) is 0.989. The molecule has 0 bridgehead atoms. The van der Waals surface area contributed by atoms with Crippen LogP contribution in [0.2, 0.25) is 10.0 Å². The van der Waals surface area contributed by atoms with Gasteiger partial charge in [-0.25, -0.2) is 0 Å². The van der Waals surface area contributed by atoms with E-state index in [0.29, 0.717) is 10.0 Å². The average Bonchev–Trinajstić information content (AvgIpc) is 2.69. The van der Waals surface area contributed by atoms with Gasteiger partial charge >= 0.3 is 0 Å². The van der Waals surface area contributed by atoms with Crippen molar-refractivity contribution in [2.45, 2.75) is 45.7 Å². The van der Waals surface area contributed by atoms with Crippen LogP contribution < -0.4 is 4.74 Å². The molecule has 0 saturated carbocycles. The van der Waals surface area contributed by atoms with Crippen LogP contribution in [0.5, 0.6) is 11.5 Å². The van der Waals surface area contributed by atoms with Crippen molar-refractivity contribution in [2.75, 3.05) is 6.54 Å². The Kier molecular flexibility index (Phi) is 6.11. The molecule has 1 aliphatic heterocycles. The molecular weight excluding hydrogens is 413 g/mol. The van der Waals surface area contributed by atoms with Gasteiger partial charge in [-0.1, -0.05) is 68.2 Å². The van der Waals surface area contributed by atoms with Crippen LogP contribution in [0.4, 0.5) is 0 Å². The minimum Gasteiger partial charge on any atom is -0.457 e. The van der Waals surface area contributed by atoms with Crippen molar-refractivity contribution in [3.05, 3.63) is 93.0 Å². The number of halogens is 2. The van der Waals surface area contributed by atoms with Gasteiger partial charge in [0.25, 0.3) is 0 Å². The third-order valence-corrected chi connectivity index (χ3v) is 6.32. The minimum atomic E-state index is 0.140. The molecule has 0 saturated heterocycles. The van der Waals surface area contributed by atoms with Crippen molar-refractivity contribution in [1.82, 2.24) is 4.90 Å². The molecule has 30 heavy (non-hydrogen) atoms. The van der Waals surface area contributed by atoms with Gasteiger partial charge in [-0.05, 0) is 70.5 Å². The molecule has 1 heterocycles. The fourth-order valence-corrected chi connectivity index (χ4v) is 4.24. The summed E-state index contributed by atoms with van der Waals surface area (Å²) in [5, 5.41) is 1.27. The van der Waals surface area contributed by atoms with Gasteiger partial charge in [0.2, 0.25) is 0 Å². The van der Waals surface area contributed by atoms with Gasteiger partial charge in [0.15, 0.2) is 0 Å². The van der Waals surface area contributed by atoms with Crippen LogP contribution in [0.25, 0.3) is 0 Å². The topological polar surface area (TPSA) is 12.5 Å². The second-order valence-electron chi connectivity index (χ2n) is 9.02. The predicted molar refractivity (Wildman–Crippen MR) is 126 cm³/mol. The summed E-state index contributed by atoms with van der Waals surface area (Å²) < 4.78 is 6.11. The zero-order chi connectivity index (χ0) is 21.3. The molecule has 3 aromatic rings. The van der Waals surface area contributed by atoms with Crippen LogP contribution >= 0.6 is 23.2 Å². The Hall–Kier alpha value is -2.00. The molecule has 0 N–H and O–H groups in total. The number of fused-ring (bicyclic) bond motifs is 1. The summed E-state index contributed by atoms with van der Waals surface area (Å²) in [4.78, 5) is 2.43. The van der Waals surface area contributed by atoms with Gasteiger partial charge in [0.05, 0.1) is 10.0 Å². The van der Waals surface area contributed by atoms with E-state index in [-0.39, 0.29) is 5.41 Å². The fourth-order valence-electron chi connectivity index (χ4n) is 3.87. The number of hydrogen-bond donors (Lipinski definition) is 0. The Labute approximate surface area is 189 Å². The van der Waals surface area contributed by atoms with Crippen molar-refractivity contribution in [3.8, 4) is 11.5 Å². The summed E-state index contributed by atoms with van der Waals surface area (Å²) in [6, 6.07) is 20.7. The highest BCUT2D eigenvalue weighted by molar-refractivity contribution is 6.42. The van der Waals surface area contributed by atoms with Crippen molar-refractivity contribution in [1.29, 1.82) is 0 Å². The fraction of sp³-hybridized carbons (Fsp3) is 0.308. The standard InChI is InChI=1S/C26H27Cl2NO/c1-26(2,3)21-7-9-22(10-8-21)30-23-6-4-5-18(13-23)16-29-12-11-19-14-24(27)25(28)15-20(19)17-29/h4-10,13-15H,11-12,16-17H2,1-3H3. The summed E-state index contributed by atoms with van der Waals surface area (Å²) >= 11 is 12.4. The number of benzene rings is 3. The molecule has 4 rings (SSSR count). The van der Waals surface area contributed by atoms with Crippen molar-refractivity contribution < 1.29 is 4.74 Å². The molecule has 2 nitrogen and oxygen atoms in total.